The van der Waals surface area contributed by atoms with Crippen LogP contribution in [0.5, 0.6) is 5.75 Å². The molecule has 1 heterocycles. The number of rotatable bonds is 2. The predicted molar refractivity (Wildman–Crippen MR) is 113 cm³/mol. The molecule has 0 saturated heterocycles. The third kappa shape index (κ3) is 2.57. The molecule has 1 aliphatic carbocycles. The minimum Gasteiger partial charge on any atom is -0.496 e. The van der Waals surface area contributed by atoms with Crippen molar-refractivity contribution in [2.75, 3.05) is 27.2 Å². The summed E-state index contributed by atoms with van der Waals surface area (Å²) in [6, 6.07) is 18.2. The lowest BCUT2D eigenvalue weighted by atomic mass is 9.57. The van der Waals surface area contributed by atoms with E-state index in [0.29, 0.717) is 18.8 Å². The molecule has 2 aromatic rings. The molecule has 0 spiro atoms. The van der Waals surface area contributed by atoms with E-state index < -0.39 is 11.3 Å². The number of nitriles is 3. The lowest BCUT2D eigenvalue weighted by molar-refractivity contribution is 0.235. The van der Waals surface area contributed by atoms with Crippen LogP contribution in [0.25, 0.3) is 10.8 Å². The second kappa shape index (κ2) is 7.23. The van der Waals surface area contributed by atoms with Crippen molar-refractivity contribution < 1.29 is 4.74 Å². The highest BCUT2D eigenvalue weighted by molar-refractivity contribution is 5.89. The maximum Gasteiger partial charge on any atom is 0.191 e. The van der Waals surface area contributed by atoms with Gasteiger partial charge in [-0.05, 0) is 29.5 Å². The summed E-state index contributed by atoms with van der Waals surface area (Å²) < 4.78 is 5.71. The number of allylic oxidation sites excluding steroid dienone is 2. The number of hydrogen-bond donors (Lipinski definition) is 1. The molecule has 0 aromatic heterocycles. The smallest absolute Gasteiger partial charge is 0.191 e. The first-order valence-electron chi connectivity index (χ1n) is 9.69. The zero-order chi connectivity index (χ0) is 21.5. The molecule has 0 amide bonds. The van der Waals surface area contributed by atoms with Gasteiger partial charge in [0.25, 0.3) is 0 Å². The summed E-state index contributed by atoms with van der Waals surface area (Å²) in [6.07, 6.45) is 1.99. The van der Waals surface area contributed by atoms with Crippen molar-refractivity contribution in [2.45, 2.75) is 5.92 Å². The van der Waals surface area contributed by atoms with E-state index in [2.05, 4.69) is 23.1 Å². The Labute approximate surface area is 175 Å². The average molecular weight is 395 g/mol. The van der Waals surface area contributed by atoms with Crippen LogP contribution in [0.2, 0.25) is 0 Å². The van der Waals surface area contributed by atoms with Crippen LogP contribution in [0, 0.1) is 45.3 Å². The molecule has 2 atom stereocenters. The highest BCUT2D eigenvalue weighted by Crippen LogP contribution is 2.56. The molecule has 0 fully saturated rings. The zero-order valence-electron chi connectivity index (χ0n) is 16.9. The fourth-order valence-corrected chi connectivity index (χ4v) is 4.91. The molecule has 0 radical (unpaired) electrons. The molecular weight excluding hydrogens is 374 g/mol. The molecule has 1 aliphatic heterocycles. The lowest BCUT2D eigenvalue weighted by Gasteiger charge is -2.45. The lowest BCUT2D eigenvalue weighted by Crippen LogP contribution is -2.47. The Hall–Kier alpha value is -3.79. The molecule has 148 valence electrons. The normalized spacial score (nSPS) is 23.0. The highest BCUT2D eigenvalue weighted by Gasteiger charge is 2.55. The monoisotopic (exact) mass is 395 g/mol. The molecule has 6 heteroatoms. The van der Waals surface area contributed by atoms with Gasteiger partial charge in [-0.15, -0.1) is 0 Å². The van der Waals surface area contributed by atoms with Crippen LogP contribution < -0.4 is 10.5 Å². The number of fused-ring (bicyclic) bond motifs is 2. The van der Waals surface area contributed by atoms with Crippen LogP contribution in [0.15, 0.2) is 59.3 Å². The van der Waals surface area contributed by atoms with Crippen molar-refractivity contribution in [1.29, 1.82) is 15.8 Å². The van der Waals surface area contributed by atoms with Gasteiger partial charge >= 0.3 is 0 Å². The Morgan fingerprint density at radius 1 is 1.13 bits per heavy atom. The Morgan fingerprint density at radius 3 is 2.53 bits per heavy atom. The van der Waals surface area contributed by atoms with Gasteiger partial charge in [-0.3, -0.25) is 0 Å². The summed E-state index contributed by atoms with van der Waals surface area (Å²) in [7, 11) is 3.57. The third-order valence-corrected chi connectivity index (χ3v) is 6.31. The van der Waals surface area contributed by atoms with E-state index in [1.54, 1.807) is 7.11 Å². The Morgan fingerprint density at radius 2 is 1.87 bits per heavy atom. The molecule has 2 N–H and O–H groups in total. The average Bonchev–Trinajstić information content (AvgIpc) is 2.78. The number of benzene rings is 2. The molecule has 30 heavy (non-hydrogen) atoms. The Kier molecular flexibility index (Phi) is 4.70. The molecule has 0 unspecified atom stereocenters. The van der Waals surface area contributed by atoms with Gasteiger partial charge in [0, 0.05) is 30.5 Å². The molecule has 2 aromatic carbocycles. The van der Waals surface area contributed by atoms with E-state index in [4.69, 9.17) is 10.5 Å². The van der Waals surface area contributed by atoms with Crippen molar-refractivity contribution in [3.63, 3.8) is 0 Å². The van der Waals surface area contributed by atoms with Crippen LogP contribution in [0.3, 0.4) is 0 Å². The summed E-state index contributed by atoms with van der Waals surface area (Å²) in [6.45, 7) is 1.28. The summed E-state index contributed by atoms with van der Waals surface area (Å²) in [4.78, 5) is 2.12. The van der Waals surface area contributed by atoms with Crippen LogP contribution in [-0.2, 0) is 0 Å². The van der Waals surface area contributed by atoms with E-state index in [-0.39, 0.29) is 17.2 Å². The predicted octanol–water partition coefficient (Wildman–Crippen LogP) is 3.20. The number of nitrogens with zero attached hydrogens (tertiary/aromatic N) is 4. The van der Waals surface area contributed by atoms with Gasteiger partial charge in [0.15, 0.2) is 5.41 Å². The minimum atomic E-state index is -1.68. The van der Waals surface area contributed by atoms with Crippen molar-refractivity contribution in [2.24, 2.45) is 17.1 Å². The Bertz CT molecular complexity index is 1210. The third-order valence-electron chi connectivity index (χ3n) is 6.31. The summed E-state index contributed by atoms with van der Waals surface area (Å²) in [5, 5.41) is 32.3. The highest BCUT2D eigenvalue weighted by atomic mass is 16.5. The quantitative estimate of drug-likeness (QED) is 0.836. The number of ether oxygens (including phenoxy) is 1. The fraction of sp³-hybridized carbons (Fsp3) is 0.292. The SMILES string of the molecule is COc1ccc2ccccc2c1[C@@H]1[C@H]2CN(C)CC=C2C(C#N)=C(N)C1(C#N)C#N. The first kappa shape index (κ1) is 19.5. The van der Waals surface area contributed by atoms with Gasteiger partial charge in [0.1, 0.15) is 11.8 Å². The van der Waals surface area contributed by atoms with E-state index in [1.807, 2.05) is 49.5 Å². The van der Waals surface area contributed by atoms with Crippen molar-refractivity contribution in [3.8, 4) is 24.0 Å². The largest absolute Gasteiger partial charge is 0.496 e. The van der Waals surface area contributed by atoms with Crippen molar-refractivity contribution in [3.05, 3.63) is 64.9 Å². The number of methoxy groups -OCH3 is 1. The van der Waals surface area contributed by atoms with Crippen LogP contribution in [-0.4, -0.2) is 32.1 Å². The molecule has 2 aliphatic rings. The second-order valence-electron chi connectivity index (χ2n) is 7.80. The number of hydrogen-bond acceptors (Lipinski definition) is 6. The summed E-state index contributed by atoms with van der Waals surface area (Å²) in [5.74, 6) is -0.223. The van der Waals surface area contributed by atoms with E-state index >= 15 is 0 Å². The maximum atomic E-state index is 10.3. The Balaban J connectivity index is 2.15. The summed E-state index contributed by atoms with van der Waals surface area (Å²) >= 11 is 0. The van der Waals surface area contributed by atoms with Gasteiger partial charge in [0.05, 0.1) is 30.5 Å². The van der Waals surface area contributed by atoms with Crippen molar-refractivity contribution >= 4 is 10.8 Å². The van der Waals surface area contributed by atoms with Gasteiger partial charge in [-0.2, -0.15) is 15.8 Å². The molecule has 0 bridgehead atoms. The van der Waals surface area contributed by atoms with E-state index in [1.165, 1.54) is 0 Å². The first-order valence-corrected chi connectivity index (χ1v) is 9.69. The van der Waals surface area contributed by atoms with E-state index in [9.17, 15) is 15.8 Å². The van der Waals surface area contributed by atoms with Gasteiger partial charge in [-0.1, -0.05) is 36.4 Å². The molecule has 4 rings (SSSR count). The van der Waals surface area contributed by atoms with Gasteiger partial charge < -0.3 is 15.4 Å². The van der Waals surface area contributed by atoms with Crippen LogP contribution in [0.1, 0.15) is 11.5 Å². The topological polar surface area (TPSA) is 110 Å². The molecule has 0 saturated carbocycles. The first-order chi connectivity index (χ1) is 14.5. The summed E-state index contributed by atoms with van der Waals surface area (Å²) in [5.41, 5.74) is 6.62. The van der Waals surface area contributed by atoms with Gasteiger partial charge in [0.2, 0.25) is 0 Å². The van der Waals surface area contributed by atoms with Crippen molar-refractivity contribution in [1.82, 2.24) is 4.90 Å². The molecule has 6 nitrogen and oxygen atoms in total. The van der Waals surface area contributed by atoms with Crippen LogP contribution in [0.4, 0.5) is 0 Å². The fourth-order valence-electron chi connectivity index (χ4n) is 4.91. The zero-order valence-corrected chi connectivity index (χ0v) is 16.9. The minimum absolute atomic E-state index is 0.0297. The van der Waals surface area contributed by atoms with E-state index in [0.717, 1.165) is 21.9 Å². The second-order valence-corrected chi connectivity index (χ2v) is 7.80. The van der Waals surface area contributed by atoms with Crippen LogP contribution >= 0.6 is 0 Å². The van der Waals surface area contributed by atoms with Gasteiger partial charge in [-0.25, -0.2) is 0 Å². The molecular formula is C24H21N5O. The number of likely N-dealkylation sites (N-methyl/N-ethyl adjacent to an activating group) is 1. The maximum absolute atomic E-state index is 10.3. The standard InChI is InChI=1S/C24H21N5O/c1-29-10-9-17-18(11-25)23(28)24(13-26,14-27)22(19(17)12-29)21-16-6-4-3-5-15(16)7-8-20(21)30-2/h3-9,19,22H,10,12,28H2,1-2H3/t19-,22-/m0/s1. The number of nitrogens with two attached hydrogens (primary N) is 1.